The molecule has 0 atom stereocenters. The van der Waals surface area contributed by atoms with Crippen LogP contribution < -0.4 is 5.32 Å². The number of benzene rings is 1. The summed E-state index contributed by atoms with van der Waals surface area (Å²) in [6.07, 6.45) is 7.11. The Hall–Kier alpha value is -1.64. The molecule has 1 N–H and O–H groups in total. The van der Waals surface area contributed by atoms with Crippen molar-refractivity contribution in [2.75, 3.05) is 11.9 Å². The molecule has 0 saturated heterocycles. The van der Waals surface area contributed by atoms with Crippen LogP contribution in [0.2, 0.25) is 0 Å². The van der Waals surface area contributed by atoms with Gasteiger partial charge in [-0.05, 0) is 24.7 Å². The van der Waals surface area contributed by atoms with E-state index in [0.717, 1.165) is 17.7 Å². The first-order chi connectivity index (χ1) is 8.83. The zero-order chi connectivity index (χ0) is 12.4. The molecule has 1 heterocycles. The fraction of sp³-hybridized carbons (Fsp3) is 0.467. The Labute approximate surface area is 108 Å². The Morgan fingerprint density at radius 2 is 2.11 bits per heavy atom. The molecule has 0 bridgehead atoms. The minimum atomic E-state index is 0.535. The van der Waals surface area contributed by atoms with Crippen molar-refractivity contribution in [3.63, 3.8) is 0 Å². The summed E-state index contributed by atoms with van der Waals surface area (Å²) in [4.78, 5) is 0. The van der Waals surface area contributed by atoms with Crippen LogP contribution in [0.15, 0.2) is 30.5 Å². The maximum Gasteiger partial charge on any atom is 0.156 e. The normalized spacial score (nSPS) is 16.7. The van der Waals surface area contributed by atoms with Crippen molar-refractivity contribution in [1.29, 1.82) is 0 Å². The van der Waals surface area contributed by atoms with Gasteiger partial charge in [0, 0.05) is 17.3 Å². The van der Waals surface area contributed by atoms with Gasteiger partial charge in [-0.1, -0.05) is 37.6 Å². The van der Waals surface area contributed by atoms with Crippen LogP contribution in [0.5, 0.6) is 0 Å². The van der Waals surface area contributed by atoms with Gasteiger partial charge in [0.2, 0.25) is 0 Å². The minimum Gasteiger partial charge on any atom is -0.368 e. The highest BCUT2D eigenvalue weighted by Crippen LogP contribution is 2.49. The van der Waals surface area contributed by atoms with Gasteiger partial charge in [0.1, 0.15) is 0 Å². The highest BCUT2D eigenvalue weighted by molar-refractivity contribution is 5.90. The first kappa shape index (κ1) is 11.5. The molecule has 0 amide bonds. The maximum atomic E-state index is 4.24. The van der Waals surface area contributed by atoms with Gasteiger partial charge < -0.3 is 5.32 Å². The van der Waals surface area contributed by atoms with Crippen LogP contribution >= 0.6 is 0 Å². The summed E-state index contributed by atoms with van der Waals surface area (Å²) in [6.45, 7) is 3.29. The second-order valence-corrected chi connectivity index (χ2v) is 5.38. The summed E-state index contributed by atoms with van der Waals surface area (Å²) in [5.74, 6) is 0.926. The molecule has 1 aliphatic carbocycles. The molecule has 0 unspecified atom stereocenters. The monoisotopic (exact) mass is 241 g/mol. The zero-order valence-electron chi connectivity index (χ0n) is 10.8. The van der Waals surface area contributed by atoms with Crippen LogP contribution in [0.25, 0.3) is 10.8 Å². The van der Waals surface area contributed by atoms with Gasteiger partial charge in [0.25, 0.3) is 0 Å². The highest BCUT2D eigenvalue weighted by atomic mass is 15.2. The lowest BCUT2D eigenvalue weighted by Crippen LogP contribution is -2.16. The van der Waals surface area contributed by atoms with Crippen molar-refractivity contribution in [2.24, 2.45) is 5.41 Å². The number of hydrogen-bond acceptors (Lipinski definition) is 3. The van der Waals surface area contributed by atoms with Crippen LogP contribution in [0.4, 0.5) is 5.82 Å². The van der Waals surface area contributed by atoms with Crippen LogP contribution in [0.3, 0.4) is 0 Å². The van der Waals surface area contributed by atoms with Crippen LogP contribution in [0.1, 0.15) is 32.6 Å². The number of hydrogen-bond donors (Lipinski definition) is 1. The Bertz CT molecular complexity index is 541. The van der Waals surface area contributed by atoms with Gasteiger partial charge in [-0.2, -0.15) is 5.10 Å². The average Bonchev–Trinajstić information content (AvgIpc) is 3.17. The number of rotatable bonds is 5. The molecule has 0 aliphatic heterocycles. The topological polar surface area (TPSA) is 37.8 Å². The van der Waals surface area contributed by atoms with Crippen LogP contribution in [-0.4, -0.2) is 16.7 Å². The number of anilines is 1. The molecule has 3 rings (SSSR count). The van der Waals surface area contributed by atoms with Crippen molar-refractivity contribution < 1.29 is 0 Å². The number of aromatic nitrogens is 2. The molecule has 94 valence electrons. The third-order valence-electron chi connectivity index (χ3n) is 3.94. The summed E-state index contributed by atoms with van der Waals surface area (Å²) in [5.41, 5.74) is 0.535. The second kappa shape index (κ2) is 4.56. The fourth-order valence-electron chi connectivity index (χ4n) is 2.65. The number of nitrogens with zero attached hydrogens (tertiary/aromatic N) is 2. The lowest BCUT2D eigenvalue weighted by Gasteiger charge is -2.15. The number of fused-ring (bicyclic) bond motifs is 1. The van der Waals surface area contributed by atoms with E-state index >= 15 is 0 Å². The second-order valence-electron chi connectivity index (χ2n) is 5.38. The Kier molecular flexibility index (Phi) is 2.90. The van der Waals surface area contributed by atoms with Crippen LogP contribution in [-0.2, 0) is 0 Å². The summed E-state index contributed by atoms with van der Waals surface area (Å²) in [7, 11) is 0. The highest BCUT2D eigenvalue weighted by Gasteiger charge is 2.41. The van der Waals surface area contributed by atoms with E-state index < -0.39 is 0 Å². The van der Waals surface area contributed by atoms with Crippen LogP contribution in [0, 0.1) is 5.41 Å². The summed E-state index contributed by atoms with van der Waals surface area (Å²) in [5, 5.41) is 14.1. The van der Waals surface area contributed by atoms with E-state index in [0.29, 0.717) is 5.41 Å². The van der Waals surface area contributed by atoms with Gasteiger partial charge >= 0.3 is 0 Å². The molecule has 2 aromatic rings. The quantitative estimate of drug-likeness (QED) is 0.868. The average molecular weight is 241 g/mol. The van der Waals surface area contributed by atoms with Gasteiger partial charge in [-0.15, -0.1) is 5.10 Å². The van der Waals surface area contributed by atoms with Crippen molar-refractivity contribution in [2.45, 2.75) is 32.6 Å². The molecule has 1 aromatic heterocycles. The first-order valence-electron chi connectivity index (χ1n) is 6.77. The zero-order valence-corrected chi connectivity index (χ0v) is 10.8. The Balaban J connectivity index is 1.79. The standard InChI is InChI=1S/C15H19N3/c1-2-7-15(8-9-15)11-16-14-13-6-4-3-5-12(13)10-17-18-14/h3-6,10H,2,7-9,11H2,1H3,(H,16,18). The summed E-state index contributed by atoms with van der Waals surface area (Å²) < 4.78 is 0. The fourth-order valence-corrected chi connectivity index (χ4v) is 2.65. The third kappa shape index (κ3) is 2.17. The predicted molar refractivity (Wildman–Crippen MR) is 74.6 cm³/mol. The molecule has 3 heteroatoms. The molecule has 1 saturated carbocycles. The van der Waals surface area contributed by atoms with Crippen molar-refractivity contribution >= 4 is 16.6 Å². The maximum absolute atomic E-state index is 4.24. The smallest absolute Gasteiger partial charge is 0.156 e. The summed E-state index contributed by atoms with van der Waals surface area (Å²) in [6, 6.07) is 8.27. The van der Waals surface area contributed by atoms with E-state index in [2.05, 4.69) is 34.6 Å². The van der Waals surface area contributed by atoms with Crippen molar-refractivity contribution in [1.82, 2.24) is 10.2 Å². The molecule has 3 nitrogen and oxygen atoms in total. The molecule has 18 heavy (non-hydrogen) atoms. The largest absolute Gasteiger partial charge is 0.368 e. The van der Waals surface area contributed by atoms with E-state index in [9.17, 15) is 0 Å². The van der Waals surface area contributed by atoms with Crippen molar-refractivity contribution in [3.8, 4) is 0 Å². The van der Waals surface area contributed by atoms with E-state index in [1.165, 1.54) is 31.1 Å². The molecular weight excluding hydrogens is 222 g/mol. The number of nitrogens with one attached hydrogen (secondary N) is 1. The van der Waals surface area contributed by atoms with E-state index in [1.807, 2.05) is 18.3 Å². The molecule has 0 spiro atoms. The third-order valence-corrected chi connectivity index (χ3v) is 3.94. The van der Waals surface area contributed by atoms with Gasteiger partial charge in [-0.25, -0.2) is 0 Å². The lowest BCUT2D eigenvalue weighted by atomic mass is 10.0. The molecule has 1 aliphatic rings. The van der Waals surface area contributed by atoms with E-state index in [1.54, 1.807) is 0 Å². The first-order valence-corrected chi connectivity index (χ1v) is 6.77. The lowest BCUT2D eigenvalue weighted by molar-refractivity contribution is 0.485. The Morgan fingerprint density at radius 3 is 2.89 bits per heavy atom. The van der Waals surface area contributed by atoms with Gasteiger partial charge in [0.15, 0.2) is 5.82 Å². The molecule has 1 fully saturated rings. The predicted octanol–water partition coefficient (Wildman–Crippen LogP) is 3.62. The van der Waals surface area contributed by atoms with E-state index in [-0.39, 0.29) is 0 Å². The van der Waals surface area contributed by atoms with Crippen molar-refractivity contribution in [3.05, 3.63) is 30.5 Å². The van der Waals surface area contributed by atoms with Gasteiger partial charge in [-0.3, -0.25) is 0 Å². The van der Waals surface area contributed by atoms with Gasteiger partial charge in [0.05, 0.1) is 6.20 Å². The molecule has 1 aromatic carbocycles. The SMILES string of the molecule is CCCC1(CNc2nncc3ccccc23)CC1. The minimum absolute atomic E-state index is 0.535. The molecule has 0 radical (unpaired) electrons. The van der Waals surface area contributed by atoms with E-state index in [4.69, 9.17) is 0 Å². The Morgan fingerprint density at radius 1 is 1.28 bits per heavy atom. The summed E-state index contributed by atoms with van der Waals surface area (Å²) >= 11 is 0. The molecular formula is C15H19N3.